The molecule has 132 valence electrons. The van der Waals surface area contributed by atoms with Crippen LogP contribution >= 0.6 is 0 Å². The van der Waals surface area contributed by atoms with E-state index in [1.807, 2.05) is 0 Å². The molecule has 1 aliphatic carbocycles. The molecule has 1 saturated carbocycles. The van der Waals surface area contributed by atoms with E-state index in [1.165, 1.54) is 12.1 Å². The van der Waals surface area contributed by atoms with Gasteiger partial charge in [0, 0.05) is 12.2 Å². The number of carbonyl (C=O) groups excluding carboxylic acids is 1. The molecule has 1 aromatic rings. The average Bonchev–Trinajstić information content (AvgIpc) is 2.85. The van der Waals surface area contributed by atoms with Crippen molar-refractivity contribution in [2.45, 2.75) is 44.4 Å². The number of nitrogens with zero attached hydrogens (tertiary/aromatic N) is 1. The number of aliphatic hydroxyl groups excluding tert-OH is 1. The summed E-state index contributed by atoms with van der Waals surface area (Å²) in [6.45, 7) is -0.738. The summed E-state index contributed by atoms with van der Waals surface area (Å²) in [5.74, 6) is 0.177. The number of carbonyl (C=O) groups is 1. The van der Waals surface area contributed by atoms with Crippen molar-refractivity contribution in [3.05, 3.63) is 24.3 Å². The predicted molar refractivity (Wildman–Crippen MR) is 81.9 cm³/mol. The molecule has 1 heterocycles. The number of hydrogen-bond donors (Lipinski definition) is 1. The number of aliphatic hydroxyl groups is 1. The van der Waals surface area contributed by atoms with Gasteiger partial charge in [0.05, 0.1) is 11.5 Å². The zero-order valence-electron chi connectivity index (χ0n) is 13.2. The van der Waals surface area contributed by atoms with Crippen LogP contribution in [0.5, 0.6) is 5.75 Å². The van der Waals surface area contributed by atoms with Gasteiger partial charge in [-0.3, -0.25) is 4.79 Å². The van der Waals surface area contributed by atoms with Crippen LogP contribution in [0.15, 0.2) is 24.3 Å². The number of alkyl halides is 3. The smallest absolute Gasteiger partial charge is 0.422 e. The molecular weight excluding hydrogens is 323 g/mol. The van der Waals surface area contributed by atoms with E-state index in [1.54, 1.807) is 17.0 Å². The minimum Gasteiger partial charge on any atom is -0.484 e. The summed E-state index contributed by atoms with van der Waals surface area (Å²) in [6, 6.07) is 6.12. The van der Waals surface area contributed by atoms with Gasteiger partial charge in [-0.25, -0.2) is 0 Å². The molecule has 4 nitrogen and oxygen atoms in total. The Bertz CT molecular complexity index is 592. The van der Waals surface area contributed by atoms with Crippen LogP contribution < -0.4 is 9.64 Å². The molecule has 1 amide bonds. The van der Waals surface area contributed by atoms with Gasteiger partial charge in [0.15, 0.2) is 6.61 Å². The van der Waals surface area contributed by atoms with Crippen LogP contribution in [0.3, 0.4) is 0 Å². The lowest BCUT2D eigenvalue weighted by atomic mass is 9.72. The lowest BCUT2D eigenvalue weighted by molar-refractivity contribution is -0.153. The average molecular weight is 343 g/mol. The molecule has 0 bridgehead atoms. The fourth-order valence-corrected chi connectivity index (χ4v) is 3.57. The van der Waals surface area contributed by atoms with Crippen LogP contribution in [-0.4, -0.2) is 36.4 Å². The van der Waals surface area contributed by atoms with Crippen molar-refractivity contribution in [1.29, 1.82) is 0 Å². The molecular formula is C17H20F3NO3. The second-order valence-corrected chi connectivity index (χ2v) is 6.62. The van der Waals surface area contributed by atoms with E-state index in [0.29, 0.717) is 37.9 Å². The van der Waals surface area contributed by atoms with Gasteiger partial charge in [0.25, 0.3) is 0 Å². The summed E-state index contributed by atoms with van der Waals surface area (Å²) in [7, 11) is 0. The fourth-order valence-electron chi connectivity index (χ4n) is 3.57. The van der Waals surface area contributed by atoms with Gasteiger partial charge >= 0.3 is 6.18 Å². The highest BCUT2D eigenvalue weighted by atomic mass is 19.4. The van der Waals surface area contributed by atoms with E-state index in [9.17, 15) is 23.1 Å². The molecule has 1 aliphatic heterocycles. The highest BCUT2D eigenvalue weighted by Gasteiger charge is 2.48. The van der Waals surface area contributed by atoms with E-state index in [0.717, 1.165) is 6.42 Å². The molecule has 0 atom stereocenters. The molecule has 1 saturated heterocycles. The van der Waals surface area contributed by atoms with Crippen LogP contribution in [0.2, 0.25) is 0 Å². The van der Waals surface area contributed by atoms with Gasteiger partial charge in [-0.1, -0.05) is 0 Å². The Morgan fingerprint density at radius 3 is 2.38 bits per heavy atom. The first-order valence-corrected chi connectivity index (χ1v) is 8.09. The number of ether oxygens (including phenoxy) is 1. The van der Waals surface area contributed by atoms with Crippen LogP contribution in [0, 0.1) is 5.41 Å². The molecule has 24 heavy (non-hydrogen) atoms. The topological polar surface area (TPSA) is 49.8 Å². The fraction of sp³-hybridized carbons (Fsp3) is 0.588. The van der Waals surface area contributed by atoms with Crippen LogP contribution in [-0.2, 0) is 4.79 Å². The summed E-state index contributed by atoms with van der Waals surface area (Å²) >= 11 is 0. The Balaban J connectivity index is 1.66. The maximum Gasteiger partial charge on any atom is 0.422 e. The molecule has 3 rings (SSSR count). The maximum absolute atomic E-state index is 12.8. The normalized spacial score (nSPS) is 27.8. The summed E-state index contributed by atoms with van der Waals surface area (Å²) in [5.41, 5.74) is 0.285. The van der Waals surface area contributed by atoms with Gasteiger partial charge in [0.2, 0.25) is 5.91 Å². The maximum atomic E-state index is 12.8. The summed E-state index contributed by atoms with van der Waals surface area (Å²) in [6.07, 6.45) is -1.27. The largest absolute Gasteiger partial charge is 0.484 e. The Kier molecular flexibility index (Phi) is 4.46. The van der Waals surface area contributed by atoms with E-state index >= 15 is 0 Å². The SMILES string of the molecule is O=C1N(c2ccc(OCC(F)(F)F)cc2)CC[C@]12CC[C@H](O)CC2. The second-order valence-electron chi connectivity index (χ2n) is 6.62. The summed E-state index contributed by atoms with van der Waals surface area (Å²) in [4.78, 5) is 14.5. The first-order valence-electron chi connectivity index (χ1n) is 8.09. The molecule has 2 aliphatic rings. The number of amides is 1. The Morgan fingerprint density at radius 1 is 1.17 bits per heavy atom. The van der Waals surface area contributed by atoms with Crippen molar-refractivity contribution in [3.63, 3.8) is 0 Å². The van der Waals surface area contributed by atoms with Gasteiger partial charge in [0.1, 0.15) is 5.75 Å². The van der Waals surface area contributed by atoms with Gasteiger partial charge < -0.3 is 14.7 Å². The molecule has 2 fully saturated rings. The van der Waals surface area contributed by atoms with Gasteiger partial charge in [-0.05, 0) is 56.4 Å². The van der Waals surface area contributed by atoms with Crippen LogP contribution in [0.25, 0.3) is 0 Å². The first-order chi connectivity index (χ1) is 11.3. The van der Waals surface area contributed by atoms with E-state index in [2.05, 4.69) is 4.74 Å². The number of rotatable bonds is 3. The molecule has 1 aromatic carbocycles. The standard InChI is InChI=1S/C17H20F3NO3/c18-17(19,20)11-24-14-3-1-12(2-4-14)21-10-9-16(15(21)23)7-5-13(22)6-8-16/h1-4,13,22H,5-11H2/t13-,16+. The Hall–Kier alpha value is -1.76. The monoisotopic (exact) mass is 343 g/mol. The molecule has 0 unspecified atom stereocenters. The van der Waals surface area contributed by atoms with Gasteiger partial charge in [-0.15, -0.1) is 0 Å². The highest BCUT2D eigenvalue weighted by molar-refractivity contribution is 6.00. The molecule has 7 heteroatoms. The minimum atomic E-state index is -4.37. The molecule has 0 aromatic heterocycles. The number of halogens is 3. The molecule has 1 N–H and O–H groups in total. The molecule has 0 radical (unpaired) electrons. The van der Waals surface area contributed by atoms with E-state index in [4.69, 9.17) is 0 Å². The Labute approximate surface area is 138 Å². The van der Waals surface area contributed by atoms with Crippen LogP contribution in [0.4, 0.5) is 18.9 Å². The predicted octanol–water partition coefficient (Wildman–Crippen LogP) is 3.29. The zero-order valence-corrected chi connectivity index (χ0v) is 13.2. The van der Waals surface area contributed by atoms with Crippen LogP contribution in [0.1, 0.15) is 32.1 Å². The van der Waals surface area contributed by atoms with Crippen molar-refractivity contribution in [2.75, 3.05) is 18.1 Å². The van der Waals surface area contributed by atoms with Crippen molar-refractivity contribution in [1.82, 2.24) is 0 Å². The van der Waals surface area contributed by atoms with Crippen molar-refractivity contribution < 1.29 is 27.8 Å². The second kappa shape index (κ2) is 6.27. The minimum absolute atomic E-state index is 0.0540. The Morgan fingerprint density at radius 2 is 1.79 bits per heavy atom. The third kappa shape index (κ3) is 3.50. The quantitative estimate of drug-likeness (QED) is 0.916. The number of hydrogen-bond acceptors (Lipinski definition) is 3. The highest BCUT2D eigenvalue weighted by Crippen LogP contribution is 2.46. The van der Waals surface area contributed by atoms with E-state index in [-0.39, 0.29) is 23.2 Å². The molecule has 1 spiro atoms. The lowest BCUT2D eigenvalue weighted by Crippen LogP contribution is -2.38. The third-order valence-electron chi connectivity index (χ3n) is 4.98. The van der Waals surface area contributed by atoms with Crippen molar-refractivity contribution in [2.24, 2.45) is 5.41 Å². The number of anilines is 1. The van der Waals surface area contributed by atoms with E-state index < -0.39 is 12.8 Å². The van der Waals surface area contributed by atoms with Gasteiger partial charge in [-0.2, -0.15) is 13.2 Å². The summed E-state index contributed by atoms with van der Waals surface area (Å²) < 4.78 is 41.1. The first kappa shape index (κ1) is 17.1. The number of benzene rings is 1. The van der Waals surface area contributed by atoms with Crippen molar-refractivity contribution in [3.8, 4) is 5.75 Å². The summed E-state index contributed by atoms with van der Waals surface area (Å²) in [5, 5.41) is 9.64. The lowest BCUT2D eigenvalue weighted by Gasteiger charge is -2.33. The zero-order chi connectivity index (χ0) is 17.4. The third-order valence-corrected chi connectivity index (χ3v) is 4.98. The van der Waals surface area contributed by atoms with Crippen molar-refractivity contribution >= 4 is 11.6 Å².